The van der Waals surface area contributed by atoms with Crippen molar-refractivity contribution in [1.82, 2.24) is 5.43 Å². The van der Waals surface area contributed by atoms with E-state index in [9.17, 15) is 4.79 Å². The molecular formula is C13H20N2O4. The normalized spacial score (nSPS) is 12.1. The van der Waals surface area contributed by atoms with Gasteiger partial charge in [0.25, 0.3) is 5.91 Å². The summed E-state index contributed by atoms with van der Waals surface area (Å²) < 4.78 is 10.8. The number of aliphatic hydroxyl groups is 1. The van der Waals surface area contributed by atoms with Gasteiger partial charge in [0.1, 0.15) is 0 Å². The zero-order chi connectivity index (χ0) is 14.4. The molecule has 0 bridgehead atoms. The van der Waals surface area contributed by atoms with Crippen LogP contribution in [0.3, 0.4) is 0 Å². The maximum absolute atomic E-state index is 11.6. The fraction of sp³-hybridized carbons (Fsp3) is 0.462. The molecule has 6 nitrogen and oxygen atoms in total. The molecule has 1 rings (SSSR count). The number of carbonyl (C=O) groups excluding carboxylic acids is 1. The Balaban J connectivity index is 2.99. The lowest BCUT2D eigenvalue weighted by Crippen LogP contribution is -2.44. The second-order valence-corrected chi connectivity index (χ2v) is 4.43. The first-order chi connectivity index (χ1) is 9.03. The average Bonchev–Trinajstić information content (AvgIpc) is 2.43. The van der Waals surface area contributed by atoms with Crippen LogP contribution in [0.4, 0.5) is 0 Å². The number of hydrazine groups is 1. The Morgan fingerprint density at radius 2 is 2.11 bits per heavy atom. The van der Waals surface area contributed by atoms with Crippen molar-refractivity contribution in [2.24, 2.45) is 11.8 Å². The predicted molar refractivity (Wildman–Crippen MR) is 70.5 cm³/mol. The van der Waals surface area contributed by atoms with Gasteiger partial charge < -0.3 is 14.6 Å². The van der Waals surface area contributed by atoms with E-state index < -0.39 is 12.0 Å². The molecular weight excluding hydrogens is 248 g/mol. The molecule has 0 heterocycles. The summed E-state index contributed by atoms with van der Waals surface area (Å²) in [7, 11) is 1.50. The van der Waals surface area contributed by atoms with Gasteiger partial charge >= 0.3 is 0 Å². The molecule has 0 radical (unpaired) electrons. The van der Waals surface area contributed by atoms with E-state index in [0.717, 1.165) is 0 Å². The number of benzene rings is 1. The zero-order valence-corrected chi connectivity index (χ0v) is 11.3. The van der Waals surface area contributed by atoms with Crippen LogP contribution in [-0.2, 0) is 11.4 Å². The molecule has 0 saturated heterocycles. The van der Waals surface area contributed by atoms with Crippen LogP contribution >= 0.6 is 0 Å². The zero-order valence-electron chi connectivity index (χ0n) is 11.3. The summed E-state index contributed by atoms with van der Waals surface area (Å²) in [6.45, 7) is 3.62. The molecule has 6 heteroatoms. The van der Waals surface area contributed by atoms with Crippen molar-refractivity contribution in [1.29, 1.82) is 0 Å². The van der Waals surface area contributed by atoms with Gasteiger partial charge in [-0.1, -0.05) is 19.9 Å². The maximum Gasteiger partial charge on any atom is 0.275 e. The third-order valence-electron chi connectivity index (χ3n) is 2.67. The molecule has 0 spiro atoms. The minimum absolute atomic E-state index is 0.0502. The third-order valence-corrected chi connectivity index (χ3v) is 2.67. The van der Waals surface area contributed by atoms with E-state index in [1.165, 1.54) is 7.11 Å². The highest BCUT2D eigenvalue weighted by atomic mass is 16.5. The highest BCUT2D eigenvalue weighted by molar-refractivity contribution is 5.80. The number of aliphatic hydroxyl groups excluding tert-OH is 1. The summed E-state index contributed by atoms with van der Waals surface area (Å²) in [5, 5.41) is 9.07. The number of nitrogens with one attached hydrogen (secondary N) is 1. The van der Waals surface area contributed by atoms with Crippen LogP contribution in [0.15, 0.2) is 18.2 Å². The van der Waals surface area contributed by atoms with Gasteiger partial charge in [-0.25, -0.2) is 5.84 Å². The van der Waals surface area contributed by atoms with Crippen LogP contribution in [-0.4, -0.2) is 24.2 Å². The molecule has 0 saturated carbocycles. The molecule has 4 N–H and O–H groups in total. The van der Waals surface area contributed by atoms with Crippen molar-refractivity contribution in [3.05, 3.63) is 23.8 Å². The predicted octanol–water partition coefficient (Wildman–Crippen LogP) is 0.581. The van der Waals surface area contributed by atoms with Crippen LogP contribution in [0.5, 0.6) is 11.5 Å². The monoisotopic (exact) mass is 268 g/mol. The molecule has 0 aliphatic rings. The fourth-order valence-corrected chi connectivity index (χ4v) is 1.62. The van der Waals surface area contributed by atoms with E-state index in [1.54, 1.807) is 18.2 Å². The molecule has 0 fully saturated rings. The van der Waals surface area contributed by atoms with E-state index >= 15 is 0 Å². The van der Waals surface area contributed by atoms with Crippen LogP contribution in [0.25, 0.3) is 0 Å². The van der Waals surface area contributed by atoms with Gasteiger partial charge in [0, 0.05) is 0 Å². The number of rotatable bonds is 6. The Hall–Kier alpha value is -1.79. The van der Waals surface area contributed by atoms with Gasteiger partial charge in [-0.15, -0.1) is 0 Å². The number of methoxy groups -OCH3 is 1. The third kappa shape index (κ3) is 3.84. The van der Waals surface area contributed by atoms with Crippen molar-refractivity contribution in [2.75, 3.05) is 7.11 Å². The first-order valence-electron chi connectivity index (χ1n) is 5.98. The molecule has 0 aromatic heterocycles. The number of hydrogen-bond donors (Lipinski definition) is 3. The summed E-state index contributed by atoms with van der Waals surface area (Å²) in [6.07, 6.45) is -0.709. The summed E-state index contributed by atoms with van der Waals surface area (Å²) in [5.41, 5.74) is 2.78. The number of ether oxygens (including phenoxy) is 2. The average molecular weight is 268 g/mol. The lowest BCUT2D eigenvalue weighted by molar-refractivity contribution is -0.129. The first kappa shape index (κ1) is 15.3. The lowest BCUT2D eigenvalue weighted by Gasteiger charge is -2.22. The Morgan fingerprint density at radius 1 is 1.42 bits per heavy atom. The fourth-order valence-electron chi connectivity index (χ4n) is 1.62. The second-order valence-electron chi connectivity index (χ2n) is 4.43. The Labute approximate surface area is 112 Å². The number of carbonyl (C=O) groups is 1. The molecule has 1 amide bonds. The molecule has 1 atom stereocenters. The summed E-state index contributed by atoms with van der Waals surface area (Å²) in [4.78, 5) is 11.6. The molecule has 1 unspecified atom stereocenters. The van der Waals surface area contributed by atoms with Crippen molar-refractivity contribution in [2.45, 2.75) is 26.6 Å². The minimum atomic E-state index is -0.709. The van der Waals surface area contributed by atoms with E-state index in [-0.39, 0.29) is 12.5 Å². The Morgan fingerprint density at radius 3 is 2.58 bits per heavy atom. The van der Waals surface area contributed by atoms with Gasteiger partial charge in [0.2, 0.25) is 0 Å². The largest absolute Gasteiger partial charge is 0.493 e. The van der Waals surface area contributed by atoms with Gasteiger partial charge in [-0.05, 0) is 23.6 Å². The van der Waals surface area contributed by atoms with Crippen LogP contribution < -0.4 is 20.7 Å². The van der Waals surface area contributed by atoms with Crippen molar-refractivity contribution in [3.63, 3.8) is 0 Å². The van der Waals surface area contributed by atoms with Crippen molar-refractivity contribution >= 4 is 5.91 Å². The van der Waals surface area contributed by atoms with E-state index in [0.29, 0.717) is 17.1 Å². The molecule has 0 aliphatic heterocycles. The molecule has 1 aromatic carbocycles. The van der Waals surface area contributed by atoms with E-state index in [1.807, 2.05) is 13.8 Å². The summed E-state index contributed by atoms with van der Waals surface area (Å²) >= 11 is 0. The smallest absolute Gasteiger partial charge is 0.275 e. The van der Waals surface area contributed by atoms with Gasteiger partial charge in [0.05, 0.1) is 13.7 Å². The van der Waals surface area contributed by atoms with Crippen molar-refractivity contribution < 1.29 is 19.4 Å². The van der Waals surface area contributed by atoms with Gasteiger partial charge in [-0.3, -0.25) is 10.2 Å². The quantitative estimate of drug-likeness (QED) is 0.398. The van der Waals surface area contributed by atoms with E-state index in [4.69, 9.17) is 20.4 Å². The van der Waals surface area contributed by atoms with Gasteiger partial charge in [0.15, 0.2) is 17.6 Å². The Bertz CT molecular complexity index is 435. The lowest BCUT2D eigenvalue weighted by atomic mass is 10.1. The topological polar surface area (TPSA) is 93.8 Å². The summed E-state index contributed by atoms with van der Waals surface area (Å²) in [6, 6.07) is 5.02. The summed E-state index contributed by atoms with van der Waals surface area (Å²) in [5.74, 6) is 5.58. The minimum Gasteiger partial charge on any atom is -0.493 e. The number of hydrogen-bond acceptors (Lipinski definition) is 5. The highest BCUT2D eigenvalue weighted by Crippen LogP contribution is 2.30. The highest BCUT2D eigenvalue weighted by Gasteiger charge is 2.24. The number of amides is 1. The molecule has 0 aliphatic carbocycles. The first-order valence-corrected chi connectivity index (χ1v) is 5.98. The Kier molecular flexibility index (Phi) is 5.59. The van der Waals surface area contributed by atoms with Crippen molar-refractivity contribution in [3.8, 4) is 11.5 Å². The standard InChI is InChI=1S/C13H20N2O4/c1-8(2)12(13(17)15-14)19-10-5-4-9(7-16)6-11(10)18-3/h4-6,8,12,16H,7,14H2,1-3H3,(H,15,17). The van der Waals surface area contributed by atoms with Crippen LogP contribution in [0.1, 0.15) is 19.4 Å². The molecule has 1 aromatic rings. The maximum atomic E-state index is 11.6. The molecule has 106 valence electrons. The van der Waals surface area contributed by atoms with E-state index in [2.05, 4.69) is 5.43 Å². The SMILES string of the molecule is COc1cc(CO)ccc1OC(C(=O)NN)C(C)C. The van der Waals surface area contributed by atoms with Gasteiger partial charge in [-0.2, -0.15) is 0 Å². The van der Waals surface area contributed by atoms with Crippen LogP contribution in [0, 0.1) is 5.92 Å². The number of nitrogens with two attached hydrogens (primary N) is 1. The van der Waals surface area contributed by atoms with Crippen LogP contribution in [0.2, 0.25) is 0 Å². The second kappa shape index (κ2) is 6.96. The molecule has 19 heavy (non-hydrogen) atoms.